The van der Waals surface area contributed by atoms with Crippen LogP contribution in [-0.4, -0.2) is 28.3 Å². The molecular formula is C24H26BrNO3S2. The maximum atomic E-state index is 12.8. The molecule has 0 bridgehead atoms. The molecule has 4 nitrogen and oxygen atoms in total. The largest absolute Gasteiger partial charge is 0.490 e. The Morgan fingerprint density at radius 2 is 1.84 bits per heavy atom. The third kappa shape index (κ3) is 6.11. The van der Waals surface area contributed by atoms with Gasteiger partial charge in [0.05, 0.1) is 11.5 Å². The Morgan fingerprint density at radius 1 is 1.16 bits per heavy atom. The Balaban J connectivity index is 1.84. The summed E-state index contributed by atoms with van der Waals surface area (Å²) < 4.78 is 13.3. The number of halogens is 1. The summed E-state index contributed by atoms with van der Waals surface area (Å²) in [5, 5.41) is 0. The van der Waals surface area contributed by atoms with Crippen molar-refractivity contribution in [3.05, 3.63) is 62.5 Å². The van der Waals surface area contributed by atoms with E-state index in [4.69, 9.17) is 21.7 Å². The van der Waals surface area contributed by atoms with E-state index in [0.717, 1.165) is 15.6 Å². The molecule has 1 heterocycles. The molecule has 2 aromatic carbocycles. The van der Waals surface area contributed by atoms with E-state index >= 15 is 0 Å². The zero-order valence-corrected chi connectivity index (χ0v) is 21.3. The number of nitrogens with zero attached hydrogens (tertiary/aromatic N) is 1. The lowest BCUT2D eigenvalue weighted by Crippen LogP contribution is -2.31. The number of hydrogen-bond donors (Lipinski definition) is 0. The molecule has 0 radical (unpaired) electrons. The second-order valence-electron chi connectivity index (χ2n) is 7.71. The Kier molecular flexibility index (Phi) is 8.19. The number of thiocarbonyl (C=S) groups is 1. The first-order valence-electron chi connectivity index (χ1n) is 10.2. The molecule has 0 aromatic heterocycles. The van der Waals surface area contributed by atoms with Gasteiger partial charge >= 0.3 is 0 Å². The van der Waals surface area contributed by atoms with Gasteiger partial charge in [0.15, 0.2) is 11.5 Å². The van der Waals surface area contributed by atoms with Crippen LogP contribution in [0.3, 0.4) is 0 Å². The minimum Gasteiger partial charge on any atom is -0.490 e. The fourth-order valence-electron chi connectivity index (χ4n) is 3.05. The normalized spacial score (nSPS) is 15.3. The summed E-state index contributed by atoms with van der Waals surface area (Å²) in [7, 11) is 0. The highest BCUT2D eigenvalue weighted by Crippen LogP contribution is 2.38. The van der Waals surface area contributed by atoms with Crippen LogP contribution in [0.5, 0.6) is 11.5 Å². The number of rotatable bonds is 8. The molecule has 2 aromatic rings. The topological polar surface area (TPSA) is 38.8 Å². The van der Waals surface area contributed by atoms with Crippen molar-refractivity contribution in [3.8, 4) is 11.5 Å². The van der Waals surface area contributed by atoms with Gasteiger partial charge in [0, 0.05) is 11.0 Å². The Hall–Kier alpha value is -1.83. The van der Waals surface area contributed by atoms with Gasteiger partial charge < -0.3 is 9.47 Å². The van der Waals surface area contributed by atoms with Crippen molar-refractivity contribution in [2.24, 2.45) is 5.92 Å². The molecule has 3 rings (SSSR count). The number of benzene rings is 2. The van der Waals surface area contributed by atoms with Crippen LogP contribution in [0.15, 0.2) is 45.8 Å². The summed E-state index contributed by atoms with van der Waals surface area (Å²) >= 11 is 10.4. The van der Waals surface area contributed by atoms with E-state index in [0.29, 0.717) is 46.4 Å². The molecular weight excluding hydrogens is 494 g/mol. The molecule has 1 aliphatic heterocycles. The molecule has 0 N–H and O–H groups in total. The summed E-state index contributed by atoms with van der Waals surface area (Å²) in [6.07, 6.45) is 1.86. The average molecular weight is 521 g/mol. The number of amides is 1. The predicted molar refractivity (Wildman–Crippen MR) is 136 cm³/mol. The highest BCUT2D eigenvalue weighted by atomic mass is 79.9. The summed E-state index contributed by atoms with van der Waals surface area (Å²) in [4.78, 5) is 15.1. The van der Waals surface area contributed by atoms with Crippen LogP contribution < -0.4 is 9.47 Å². The van der Waals surface area contributed by atoms with Crippen LogP contribution >= 0.6 is 39.9 Å². The van der Waals surface area contributed by atoms with Crippen LogP contribution in [0.1, 0.15) is 37.5 Å². The lowest BCUT2D eigenvalue weighted by Gasteiger charge is -2.16. The van der Waals surface area contributed by atoms with Gasteiger partial charge in [-0.1, -0.05) is 83.6 Å². The SMILES string of the molecule is CCOc1cc(/C=C2\SC(=S)N(CC(C)C)C2=O)c(Br)cc1OCc1ccc(C)cc1. The van der Waals surface area contributed by atoms with Gasteiger partial charge in [-0.15, -0.1) is 0 Å². The van der Waals surface area contributed by atoms with Gasteiger partial charge in [-0.3, -0.25) is 9.69 Å². The summed E-state index contributed by atoms with van der Waals surface area (Å²) in [5.74, 6) is 1.59. The average Bonchev–Trinajstić information content (AvgIpc) is 2.97. The van der Waals surface area contributed by atoms with Crippen molar-refractivity contribution >= 4 is 56.2 Å². The maximum absolute atomic E-state index is 12.8. The quantitative estimate of drug-likeness (QED) is 0.290. The molecule has 0 unspecified atom stereocenters. The highest BCUT2D eigenvalue weighted by Gasteiger charge is 2.32. The van der Waals surface area contributed by atoms with Crippen molar-refractivity contribution in [2.45, 2.75) is 34.3 Å². The monoisotopic (exact) mass is 519 g/mol. The smallest absolute Gasteiger partial charge is 0.266 e. The van der Waals surface area contributed by atoms with Crippen LogP contribution in [-0.2, 0) is 11.4 Å². The van der Waals surface area contributed by atoms with Gasteiger partial charge in [-0.2, -0.15) is 0 Å². The Labute approximate surface area is 202 Å². The van der Waals surface area contributed by atoms with Crippen LogP contribution in [0.4, 0.5) is 0 Å². The minimum atomic E-state index is -0.0479. The Bertz CT molecular complexity index is 1000. The molecule has 1 aliphatic rings. The number of carbonyl (C=O) groups is 1. The molecule has 0 saturated carbocycles. The van der Waals surface area contributed by atoms with Crippen molar-refractivity contribution < 1.29 is 14.3 Å². The van der Waals surface area contributed by atoms with Crippen molar-refractivity contribution in [2.75, 3.05) is 13.2 Å². The van der Waals surface area contributed by atoms with Crippen LogP contribution in [0.2, 0.25) is 0 Å². The first kappa shape index (κ1) is 23.8. The van der Waals surface area contributed by atoms with E-state index in [1.165, 1.54) is 17.3 Å². The van der Waals surface area contributed by atoms with Crippen molar-refractivity contribution in [1.29, 1.82) is 0 Å². The van der Waals surface area contributed by atoms with Crippen LogP contribution in [0, 0.1) is 12.8 Å². The van der Waals surface area contributed by atoms with Crippen LogP contribution in [0.25, 0.3) is 6.08 Å². The van der Waals surface area contributed by atoms with E-state index in [2.05, 4.69) is 61.0 Å². The first-order valence-corrected chi connectivity index (χ1v) is 12.2. The summed E-state index contributed by atoms with van der Waals surface area (Å²) in [5.41, 5.74) is 3.14. The molecule has 7 heteroatoms. The zero-order chi connectivity index (χ0) is 22.5. The van der Waals surface area contributed by atoms with Gasteiger partial charge in [-0.05, 0) is 49.1 Å². The molecule has 0 atom stereocenters. The molecule has 0 spiro atoms. The molecule has 1 fully saturated rings. The van der Waals surface area contributed by atoms with E-state index in [-0.39, 0.29) is 5.91 Å². The second-order valence-corrected chi connectivity index (χ2v) is 10.2. The molecule has 1 saturated heterocycles. The lowest BCUT2D eigenvalue weighted by atomic mass is 10.1. The zero-order valence-electron chi connectivity index (χ0n) is 18.1. The molecule has 31 heavy (non-hydrogen) atoms. The van der Waals surface area contributed by atoms with E-state index in [1.807, 2.05) is 25.1 Å². The molecule has 1 amide bonds. The fourth-order valence-corrected chi connectivity index (χ4v) is 4.75. The van der Waals surface area contributed by atoms with E-state index in [1.54, 1.807) is 4.90 Å². The van der Waals surface area contributed by atoms with E-state index in [9.17, 15) is 4.79 Å². The highest BCUT2D eigenvalue weighted by molar-refractivity contribution is 9.10. The number of ether oxygens (including phenoxy) is 2. The summed E-state index contributed by atoms with van der Waals surface area (Å²) in [6.45, 7) is 9.72. The minimum absolute atomic E-state index is 0.0479. The molecule has 164 valence electrons. The number of carbonyl (C=O) groups excluding carboxylic acids is 1. The van der Waals surface area contributed by atoms with Gasteiger partial charge in [0.2, 0.25) is 0 Å². The van der Waals surface area contributed by atoms with E-state index < -0.39 is 0 Å². The third-order valence-corrected chi connectivity index (χ3v) is 6.65. The second kappa shape index (κ2) is 10.7. The Morgan fingerprint density at radius 3 is 2.48 bits per heavy atom. The van der Waals surface area contributed by atoms with Gasteiger partial charge in [-0.25, -0.2) is 0 Å². The molecule has 0 aliphatic carbocycles. The lowest BCUT2D eigenvalue weighted by molar-refractivity contribution is -0.122. The van der Waals surface area contributed by atoms with Crippen molar-refractivity contribution in [1.82, 2.24) is 4.90 Å². The van der Waals surface area contributed by atoms with Gasteiger partial charge in [0.25, 0.3) is 5.91 Å². The number of hydrogen-bond acceptors (Lipinski definition) is 5. The predicted octanol–water partition coefficient (Wildman–Crippen LogP) is 6.59. The maximum Gasteiger partial charge on any atom is 0.266 e. The standard InChI is InChI=1S/C24H26BrNO3S2/c1-5-28-20-10-18(11-22-23(27)26(13-15(2)3)24(30)31-22)19(25)12-21(20)29-14-17-8-6-16(4)7-9-17/h6-12,15H,5,13-14H2,1-4H3/b22-11-. The summed E-state index contributed by atoms with van der Waals surface area (Å²) in [6, 6.07) is 12.0. The third-order valence-electron chi connectivity index (χ3n) is 4.59. The first-order chi connectivity index (χ1) is 14.8. The number of thioether (sulfide) groups is 1. The van der Waals surface area contributed by atoms with Gasteiger partial charge in [0.1, 0.15) is 10.9 Å². The number of aryl methyl sites for hydroxylation is 1. The fraction of sp³-hybridized carbons (Fsp3) is 0.333. The van der Waals surface area contributed by atoms with Crippen molar-refractivity contribution in [3.63, 3.8) is 0 Å².